The molecule has 0 saturated heterocycles. The van der Waals surface area contributed by atoms with Crippen LogP contribution in [-0.2, 0) is 6.42 Å². The zero-order valence-electron chi connectivity index (χ0n) is 10.1. The fourth-order valence-corrected chi connectivity index (χ4v) is 2.58. The molecule has 3 nitrogen and oxygen atoms in total. The van der Waals surface area contributed by atoms with Crippen LogP contribution in [0.5, 0.6) is 0 Å². The van der Waals surface area contributed by atoms with Crippen molar-refractivity contribution < 1.29 is 13.2 Å². The Morgan fingerprint density at radius 1 is 1.33 bits per heavy atom. The van der Waals surface area contributed by atoms with Crippen LogP contribution in [0, 0.1) is 5.92 Å². The Bertz CT molecular complexity index is 348. The third kappa shape index (κ3) is 3.48. The summed E-state index contributed by atoms with van der Waals surface area (Å²) in [6.07, 6.45) is 2.32. The maximum absolute atomic E-state index is 12.8. The molecule has 0 radical (unpaired) electrons. The van der Waals surface area contributed by atoms with E-state index >= 15 is 0 Å². The number of rotatable bonds is 4. The number of hydrogen-bond acceptors (Lipinski definition) is 2. The lowest BCUT2D eigenvalue weighted by atomic mass is 9.84. The van der Waals surface area contributed by atoms with Crippen LogP contribution in [0.3, 0.4) is 0 Å². The first-order chi connectivity index (χ1) is 8.57. The van der Waals surface area contributed by atoms with E-state index in [1.807, 2.05) is 0 Å². The van der Waals surface area contributed by atoms with Gasteiger partial charge in [0.05, 0.1) is 12.2 Å². The van der Waals surface area contributed by atoms with Crippen LogP contribution < -0.4 is 5.32 Å². The largest absolute Gasteiger partial charge is 0.393 e. The molecular formula is C12H18F3N3. The highest BCUT2D eigenvalue weighted by atomic mass is 19.4. The van der Waals surface area contributed by atoms with Gasteiger partial charge in [-0.25, -0.2) is 4.98 Å². The molecule has 2 unspecified atom stereocenters. The molecule has 1 aromatic heterocycles. The Balaban J connectivity index is 1.82. The third-order valence-electron chi connectivity index (χ3n) is 3.54. The minimum absolute atomic E-state index is 0.255. The average molecular weight is 261 g/mol. The van der Waals surface area contributed by atoms with Gasteiger partial charge in [-0.2, -0.15) is 13.2 Å². The summed E-state index contributed by atoms with van der Waals surface area (Å²) in [7, 11) is 0. The monoisotopic (exact) mass is 261 g/mol. The molecule has 1 aliphatic rings. The maximum atomic E-state index is 12.8. The second-order valence-electron chi connectivity index (χ2n) is 4.82. The fraction of sp³-hybridized carbons (Fsp3) is 0.750. The summed E-state index contributed by atoms with van der Waals surface area (Å²) < 4.78 is 38.5. The molecule has 6 heteroatoms. The quantitative estimate of drug-likeness (QED) is 0.874. The summed E-state index contributed by atoms with van der Waals surface area (Å²) in [5, 5.41) is 3.05. The average Bonchev–Trinajstić information content (AvgIpc) is 2.81. The third-order valence-corrected chi connectivity index (χ3v) is 3.54. The lowest BCUT2D eigenvalue weighted by Crippen LogP contribution is -2.46. The minimum Gasteiger partial charge on any atom is -0.348 e. The van der Waals surface area contributed by atoms with Crippen molar-refractivity contribution in [3.63, 3.8) is 0 Å². The molecule has 1 aromatic rings. The lowest BCUT2D eigenvalue weighted by Gasteiger charge is -2.33. The van der Waals surface area contributed by atoms with E-state index in [0.29, 0.717) is 25.8 Å². The molecule has 0 aliphatic heterocycles. The maximum Gasteiger partial charge on any atom is 0.393 e. The van der Waals surface area contributed by atoms with E-state index < -0.39 is 18.1 Å². The van der Waals surface area contributed by atoms with Gasteiger partial charge in [-0.15, -0.1) is 0 Å². The van der Waals surface area contributed by atoms with E-state index in [2.05, 4.69) is 15.3 Å². The van der Waals surface area contributed by atoms with E-state index in [-0.39, 0.29) is 6.42 Å². The number of hydrogen-bond donors (Lipinski definition) is 2. The standard InChI is InChI=1S/C12H18F3N3/c13-12(14,15)10-3-1-2-4-11(10)17-6-5-9-7-16-8-18-9/h7-8,10-11,17H,1-6H2,(H,16,18). The molecule has 102 valence electrons. The van der Waals surface area contributed by atoms with Crippen molar-refractivity contribution in [2.75, 3.05) is 6.54 Å². The summed E-state index contributed by atoms with van der Waals surface area (Å²) in [4.78, 5) is 6.82. The second-order valence-corrected chi connectivity index (χ2v) is 4.82. The van der Waals surface area contributed by atoms with Crippen LogP contribution in [0.15, 0.2) is 12.5 Å². The van der Waals surface area contributed by atoms with Crippen LogP contribution in [0.2, 0.25) is 0 Å². The van der Waals surface area contributed by atoms with E-state index in [4.69, 9.17) is 0 Å². The summed E-state index contributed by atoms with van der Waals surface area (Å²) in [5.41, 5.74) is 0.946. The van der Waals surface area contributed by atoms with E-state index in [1.54, 1.807) is 12.5 Å². The number of nitrogens with one attached hydrogen (secondary N) is 2. The van der Waals surface area contributed by atoms with Gasteiger partial charge in [-0.1, -0.05) is 12.8 Å². The Morgan fingerprint density at radius 3 is 2.78 bits per heavy atom. The molecule has 18 heavy (non-hydrogen) atoms. The smallest absolute Gasteiger partial charge is 0.348 e. The lowest BCUT2D eigenvalue weighted by molar-refractivity contribution is -0.188. The second kappa shape index (κ2) is 5.73. The van der Waals surface area contributed by atoms with Crippen LogP contribution in [0.25, 0.3) is 0 Å². The summed E-state index contributed by atoms with van der Waals surface area (Å²) >= 11 is 0. The van der Waals surface area contributed by atoms with E-state index in [1.165, 1.54) is 0 Å². The molecule has 1 fully saturated rings. The predicted octanol–water partition coefficient (Wildman–Crippen LogP) is 2.66. The molecule has 1 saturated carbocycles. The zero-order chi connectivity index (χ0) is 13.0. The van der Waals surface area contributed by atoms with Crippen molar-refractivity contribution in [1.29, 1.82) is 0 Å². The highest BCUT2D eigenvalue weighted by Gasteiger charge is 2.45. The number of H-pyrrole nitrogens is 1. The van der Waals surface area contributed by atoms with Gasteiger partial charge in [0.25, 0.3) is 0 Å². The van der Waals surface area contributed by atoms with Crippen LogP contribution in [-0.4, -0.2) is 28.7 Å². The molecular weight excluding hydrogens is 243 g/mol. The van der Waals surface area contributed by atoms with Crippen molar-refractivity contribution in [3.05, 3.63) is 18.2 Å². The molecule has 0 spiro atoms. The van der Waals surface area contributed by atoms with Gasteiger partial charge >= 0.3 is 6.18 Å². The Morgan fingerprint density at radius 2 is 2.11 bits per heavy atom. The number of alkyl halides is 3. The number of aromatic amines is 1. The normalized spacial score (nSPS) is 25.3. The molecule has 2 rings (SSSR count). The van der Waals surface area contributed by atoms with Crippen molar-refractivity contribution in [2.45, 2.75) is 44.3 Å². The molecule has 1 heterocycles. The highest BCUT2D eigenvalue weighted by Crippen LogP contribution is 2.37. The molecule has 0 aromatic carbocycles. The topological polar surface area (TPSA) is 40.7 Å². The SMILES string of the molecule is FC(F)(F)C1CCCCC1NCCc1cnc[nH]1. The minimum atomic E-state index is -4.08. The number of nitrogens with zero attached hydrogens (tertiary/aromatic N) is 1. The van der Waals surface area contributed by atoms with Crippen LogP contribution in [0.1, 0.15) is 31.4 Å². The molecule has 0 bridgehead atoms. The molecule has 2 atom stereocenters. The molecule has 0 amide bonds. The summed E-state index contributed by atoms with van der Waals surface area (Å²) in [6, 6.07) is -0.429. The van der Waals surface area contributed by atoms with Gasteiger partial charge < -0.3 is 10.3 Å². The van der Waals surface area contributed by atoms with Gasteiger partial charge in [0.2, 0.25) is 0 Å². The van der Waals surface area contributed by atoms with Crippen molar-refractivity contribution >= 4 is 0 Å². The molecule has 2 N–H and O–H groups in total. The Hall–Kier alpha value is -1.04. The van der Waals surface area contributed by atoms with Crippen LogP contribution >= 0.6 is 0 Å². The van der Waals surface area contributed by atoms with Crippen molar-refractivity contribution in [1.82, 2.24) is 15.3 Å². The summed E-state index contributed by atoms with van der Waals surface area (Å²) in [5.74, 6) is -1.19. The summed E-state index contributed by atoms with van der Waals surface area (Å²) in [6.45, 7) is 0.555. The fourth-order valence-electron chi connectivity index (χ4n) is 2.58. The number of halogens is 3. The highest BCUT2D eigenvalue weighted by molar-refractivity contribution is 4.95. The zero-order valence-corrected chi connectivity index (χ0v) is 10.1. The predicted molar refractivity (Wildman–Crippen MR) is 62.1 cm³/mol. The van der Waals surface area contributed by atoms with Gasteiger partial charge in [0.1, 0.15) is 0 Å². The number of aromatic nitrogens is 2. The van der Waals surface area contributed by atoms with Gasteiger partial charge in [-0.3, -0.25) is 0 Å². The van der Waals surface area contributed by atoms with Crippen LogP contribution in [0.4, 0.5) is 13.2 Å². The number of imidazole rings is 1. The van der Waals surface area contributed by atoms with Gasteiger partial charge in [0.15, 0.2) is 0 Å². The molecule has 1 aliphatic carbocycles. The van der Waals surface area contributed by atoms with Crippen molar-refractivity contribution in [3.8, 4) is 0 Å². The first-order valence-corrected chi connectivity index (χ1v) is 6.34. The Labute approximate surface area is 104 Å². The van der Waals surface area contributed by atoms with Gasteiger partial charge in [0, 0.05) is 30.9 Å². The first kappa shape index (κ1) is 13.4. The Kier molecular flexibility index (Phi) is 4.27. The van der Waals surface area contributed by atoms with E-state index in [9.17, 15) is 13.2 Å². The first-order valence-electron chi connectivity index (χ1n) is 6.34. The van der Waals surface area contributed by atoms with E-state index in [0.717, 1.165) is 12.1 Å². The van der Waals surface area contributed by atoms with Gasteiger partial charge in [-0.05, 0) is 12.8 Å². The van der Waals surface area contributed by atoms with Crippen molar-refractivity contribution in [2.24, 2.45) is 5.92 Å².